The smallest absolute Gasteiger partial charge is 0.346 e. The highest BCUT2D eigenvalue weighted by Crippen LogP contribution is 2.56. The third-order valence-electron chi connectivity index (χ3n) is 6.33. The largest absolute Gasteiger partial charge is 0.416 e. The second-order valence-electron chi connectivity index (χ2n) is 8.18. The molecule has 2 aromatic rings. The van der Waals surface area contributed by atoms with Gasteiger partial charge in [-0.1, -0.05) is 24.2 Å². The van der Waals surface area contributed by atoms with E-state index in [-0.39, 0.29) is 23.6 Å². The standard InChI is InChI=1S/C21H24F3N3O2/c1-3-10-27(2)20(28)17-14-5-4-13(11-14)16(17)19-25-18(26-29-19)12-6-8-15(9-7-12)21(22,23)24/h6-9,13-14,16-17H,3-5,10-11H2,1-2H3/t13-,14+,16+,17+/m1/s1. The van der Waals surface area contributed by atoms with Crippen LogP contribution in [-0.2, 0) is 11.0 Å². The Morgan fingerprint density at radius 2 is 1.90 bits per heavy atom. The van der Waals surface area contributed by atoms with E-state index in [1.54, 1.807) is 4.90 Å². The quantitative estimate of drug-likeness (QED) is 0.718. The minimum absolute atomic E-state index is 0.115. The van der Waals surface area contributed by atoms with Crippen molar-refractivity contribution in [2.45, 2.75) is 44.7 Å². The maximum Gasteiger partial charge on any atom is 0.416 e. The maximum absolute atomic E-state index is 13.0. The number of fused-ring (bicyclic) bond motifs is 2. The second-order valence-corrected chi connectivity index (χ2v) is 8.18. The number of nitrogens with zero attached hydrogens (tertiary/aromatic N) is 3. The van der Waals surface area contributed by atoms with Gasteiger partial charge in [0.2, 0.25) is 17.6 Å². The Balaban J connectivity index is 1.58. The summed E-state index contributed by atoms with van der Waals surface area (Å²) in [5.74, 6) is 1.20. The lowest BCUT2D eigenvalue weighted by Crippen LogP contribution is -2.39. The van der Waals surface area contributed by atoms with E-state index in [9.17, 15) is 18.0 Å². The highest BCUT2D eigenvalue weighted by Gasteiger charge is 2.54. The highest BCUT2D eigenvalue weighted by atomic mass is 19.4. The van der Waals surface area contributed by atoms with E-state index in [1.165, 1.54) is 12.1 Å². The molecule has 2 bridgehead atoms. The second kappa shape index (κ2) is 7.46. The topological polar surface area (TPSA) is 59.2 Å². The summed E-state index contributed by atoms with van der Waals surface area (Å²) in [4.78, 5) is 19.3. The monoisotopic (exact) mass is 407 g/mol. The number of aromatic nitrogens is 2. The van der Waals surface area contributed by atoms with Gasteiger partial charge in [0, 0.05) is 19.2 Å². The zero-order chi connectivity index (χ0) is 20.8. The Morgan fingerprint density at radius 3 is 2.55 bits per heavy atom. The van der Waals surface area contributed by atoms with Crippen LogP contribution in [-0.4, -0.2) is 34.5 Å². The Kier molecular flexibility index (Phi) is 5.12. The van der Waals surface area contributed by atoms with Gasteiger partial charge in [-0.3, -0.25) is 4.79 Å². The van der Waals surface area contributed by atoms with Crippen LogP contribution in [0, 0.1) is 17.8 Å². The van der Waals surface area contributed by atoms with Gasteiger partial charge in [0.25, 0.3) is 0 Å². The first-order valence-electron chi connectivity index (χ1n) is 10.1. The molecule has 2 saturated carbocycles. The molecular weight excluding hydrogens is 383 g/mol. The van der Waals surface area contributed by atoms with E-state index in [2.05, 4.69) is 10.1 Å². The first-order valence-corrected chi connectivity index (χ1v) is 10.1. The number of hydrogen-bond acceptors (Lipinski definition) is 4. The van der Waals surface area contributed by atoms with Crippen LogP contribution in [0.1, 0.15) is 50.0 Å². The molecular formula is C21H24F3N3O2. The zero-order valence-corrected chi connectivity index (χ0v) is 16.4. The summed E-state index contributed by atoms with van der Waals surface area (Å²) in [6.07, 6.45) is -0.431. The van der Waals surface area contributed by atoms with Crippen LogP contribution in [0.4, 0.5) is 13.2 Å². The minimum atomic E-state index is -4.39. The van der Waals surface area contributed by atoms with Crippen LogP contribution in [0.2, 0.25) is 0 Å². The highest BCUT2D eigenvalue weighted by molar-refractivity contribution is 5.80. The first-order chi connectivity index (χ1) is 13.8. The molecule has 0 radical (unpaired) electrons. The van der Waals surface area contributed by atoms with Crippen molar-refractivity contribution in [1.29, 1.82) is 0 Å². The molecule has 8 heteroatoms. The lowest BCUT2D eigenvalue weighted by molar-refractivity contribution is -0.138. The average molecular weight is 407 g/mol. The van der Waals surface area contributed by atoms with Crippen LogP contribution in [0.5, 0.6) is 0 Å². The first kappa shape index (κ1) is 19.9. The molecule has 5 nitrogen and oxygen atoms in total. The fraction of sp³-hybridized carbons (Fsp3) is 0.571. The molecule has 2 aliphatic rings. The number of halogens is 3. The molecule has 0 N–H and O–H groups in total. The predicted molar refractivity (Wildman–Crippen MR) is 99.7 cm³/mol. The molecule has 2 aliphatic carbocycles. The van der Waals surface area contributed by atoms with Gasteiger partial charge in [0.05, 0.1) is 17.4 Å². The summed E-state index contributed by atoms with van der Waals surface area (Å²) < 4.78 is 43.8. The minimum Gasteiger partial charge on any atom is -0.346 e. The molecule has 1 aromatic carbocycles. The Morgan fingerprint density at radius 1 is 1.21 bits per heavy atom. The summed E-state index contributed by atoms with van der Waals surface area (Å²) in [6, 6.07) is 4.70. The molecule has 4 atom stereocenters. The number of hydrogen-bond donors (Lipinski definition) is 0. The molecule has 0 aliphatic heterocycles. The van der Waals surface area contributed by atoms with Gasteiger partial charge in [-0.05, 0) is 49.7 Å². The Labute approximate surface area is 167 Å². The Bertz CT molecular complexity index is 878. The summed E-state index contributed by atoms with van der Waals surface area (Å²) in [6.45, 7) is 2.75. The van der Waals surface area contributed by atoms with Crippen LogP contribution in [0.3, 0.4) is 0 Å². The van der Waals surface area contributed by atoms with Crippen LogP contribution >= 0.6 is 0 Å². The van der Waals surface area contributed by atoms with Gasteiger partial charge >= 0.3 is 6.18 Å². The van der Waals surface area contributed by atoms with Gasteiger partial charge in [-0.15, -0.1) is 0 Å². The van der Waals surface area contributed by atoms with E-state index in [4.69, 9.17) is 4.52 Å². The third kappa shape index (κ3) is 3.65. The number of carbonyl (C=O) groups excluding carboxylic acids is 1. The summed E-state index contributed by atoms with van der Waals surface area (Å²) in [7, 11) is 1.83. The lowest BCUT2D eigenvalue weighted by Gasteiger charge is -2.31. The fourth-order valence-electron chi connectivity index (χ4n) is 5.00. The number of benzene rings is 1. The van der Waals surface area contributed by atoms with Crippen molar-refractivity contribution in [3.63, 3.8) is 0 Å². The van der Waals surface area contributed by atoms with Gasteiger partial charge < -0.3 is 9.42 Å². The van der Waals surface area contributed by atoms with Crippen molar-refractivity contribution in [3.05, 3.63) is 35.7 Å². The van der Waals surface area contributed by atoms with Crippen molar-refractivity contribution in [2.24, 2.45) is 17.8 Å². The molecule has 2 fully saturated rings. The maximum atomic E-state index is 13.0. The van der Waals surface area contributed by atoms with E-state index >= 15 is 0 Å². The van der Waals surface area contributed by atoms with Gasteiger partial charge in [-0.2, -0.15) is 18.2 Å². The SMILES string of the molecule is CCCN(C)C(=O)[C@H]1[C@H]2CC[C@H](C2)[C@@H]1c1nc(-c2ccc(C(F)(F)F)cc2)no1. The molecule has 0 saturated heterocycles. The molecule has 29 heavy (non-hydrogen) atoms. The molecule has 0 unspecified atom stereocenters. The van der Waals surface area contributed by atoms with Crippen molar-refractivity contribution < 1.29 is 22.5 Å². The van der Waals surface area contributed by atoms with Crippen molar-refractivity contribution in [3.8, 4) is 11.4 Å². The lowest BCUT2D eigenvalue weighted by atomic mass is 9.78. The summed E-state index contributed by atoms with van der Waals surface area (Å²) in [5.41, 5.74) is -0.259. The van der Waals surface area contributed by atoms with E-state index in [0.29, 0.717) is 29.8 Å². The third-order valence-corrected chi connectivity index (χ3v) is 6.33. The van der Waals surface area contributed by atoms with E-state index < -0.39 is 11.7 Å². The van der Waals surface area contributed by atoms with Crippen molar-refractivity contribution in [2.75, 3.05) is 13.6 Å². The van der Waals surface area contributed by atoms with E-state index in [0.717, 1.165) is 37.8 Å². The normalized spacial score (nSPS) is 26.1. The molecule has 1 aromatic heterocycles. The van der Waals surface area contributed by atoms with E-state index in [1.807, 2.05) is 14.0 Å². The van der Waals surface area contributed by atoms with Crippen molar-refractivity contribution >= 4 is 5.91 Å². The van der Waals surface area contributed by atoms with Crippen molar-refractivity contribution in [1.82, 2.24) is 15.0 Å². The number of carbonyl (C=O) groups is 1. The number of rotatable bonds is 5. The molecule has 0 spiro atoms. The molecule has 156 valence electrons. The van der Waals surface area contributed by atoms with Crippen LogP contribution < -0.4 is 0 Å². The van der Waals surface area contributed by atoms with Gasteiger partial charge in [-0.25, -0.2) is 0 Å². The predicted octanol–water partition coefficient (Wildman–Crippen LogP) is 4.75. The fourth-order valence-corrected chi connectivity index (χ4v) is 5.00. The van der Waals surface area contributed by atoms with Crippen LogP contribution in [0.15, 0.2) is 28.8 Å². The molecule has 1 amide bonds. The zero-order valence-electron chi connectivity index (χ0n) is 16.4. The average Bonchev–Trinajstić information content (AvgIpc) is 3.42. The molecule has 1 heterocycles. The number of amides is 1. The van der Waals surface area contributed by atoms with Gasteiger partial charge in [0.15, 0.2) is 0 Å². The van der Waals surface area contributed by atoms with Gasteiger partial charge in [0.1, 0.15) is 0 Å². The van der Waals surface area contributed by atoms with Crippen LogP contribution in [0.25, 0.3) is 11.4 Å². The molecule has 4 rings (SSSR count). The Hall–Kier alpha value is -2.38. The number of alkyl halides is 3. The summed E-state index contributed by atoms with van der Waals surface area (Å²) in [5, 5.41) is 3.99. The summed E-state index contributed by atoms with van der Waals surface area (Å²) >= 11 is 0.